The number of likely N-dealkylation sites (tertiary alicyclic amines) is 1. The van der Waals surface area contributed by atoms with Gasteiger partial charge < -0.3 is 14.7 Å². The van der Waals surface area contributed by atoms with Crippen LogP contribution < -0.4 is 10.2 Å². The van der Waals surface area contributed by atoms with E-state index in [-0.39, 0.29) is 17.9 Å². The molecule has 190 valence electrons. The second-order valence-corrected chi connectivity index (χ2v) is 10.9. The van der Waals surface area contributed by atoms with E-state index in [0.29, 0.717) is 18.3 Å². The van der Waals surface area contributed by atoms with Gasteiger partial charge in [0, 0.05) is 34.7 Å². The summed E-state index contributed by atoms with van der Waals surface area (Å²) in [5.41, 5.74) is 3.37. The van der Waals surface area contributed by atoms with E-state index in [2.05, 4.69) is 72.4 Å². The summed E-state index contributed by atoms with van der Waals surface area (Å²) in [6.45, 7) is 6.64. The van der Waals surface area contributed by atoms with E-state index < -0.39 is 0 Å². The molecule has 2 aliphatic rings. The zero-order valence-corrected chi connectivity index (χ0v) is 22.4. The fourth-order valence-corrected chi connectivity index (χ4v) is 5.38. The maximum Gasteiger partial charge on any atom is 0.241 e. The highest BCUT2D eigenvalue weighted by molar-refractivity contribution is 9.10. The monoisotopic (exact) mass is 551 g/mol. The van der Waals surface area contributed by atoms with Crippen LogP contribution in [0.4, 0.5) is 5.69 Å². The molecule has 2 aromatic carbocycles. The maximum atomic E-state index is 13.0. The number of amides is 1. The number of aromatic nitrogens is 2. The summed E-state index contributed by atoms with van der Waals surface area (Å²) in [6, 6.07) is 16.6. The molecule has 0 radical (unpaired) electrons. The van der Waals surface area contributed by atoms with Crippen LogP contribution in [0.5, 0.6) is 0 Å². The minimum atomic E-state index is 0.00126. The van der Waals surface area contributed by atoms with Crippen molar-refractivity contribution in [2.24, 2.45) is 5.92 Å². The normalized spacial score (nSPS) is 18.2. The van der Waals surface area contributed by atoms with Crippen molar-refractivity contribution in [3.8, 4) is 11.4 Å². The Kier molecular flexibility index (Phi) is 8.02. The maximum absolute atomic E-state index is 13.0. The van der Waals surface area contributed by atoms with Gasteiger partial charge in [-0.3, -0.25) is 9.69 Å². The second kappa shape index (κ2) is 11.6. The third-order valence-corrected chi connectivity index (χ3v) is 7.89. The van der Waals surface area contributed by atoms with Gasteiger partial charge >= 0.3 is 0 Å². The lowest BCUT2D eigenvalue weighted by Gasteiger charge is -2.31. The van der Waals surface area contributed by atoms with Crippen LogP contribution in [-0.4, -0.2) is 47.1 Å². The number of rotatable bonds is 7. The van der Waals surface area contributed by atoms with Gasteiger partial charge in [-0.2, -0.15) is 4.98 Å². The SMILES string of the molecule is CC(NC(=O)C1CCN(Cc2nc(-c3ccc(Br)cc3)no2)CC1)c1ccc(N2CCCCC2)cc1. The second-order valence-electron chi connectivity index (χ2n) is 9.94. The van der Waals surface area contributed by atoms with Crippen LogP contribution in [-0.2, 0) is 11.3 Å². The Morgan fingerprint density at radius 1 is 1.03 bits per heavy atom. The van der Waals surface area contributed by atoms with Crippen molar-refractivity contribution in [2.75, 3.05) is 31.1 Å². The molecule has 36 heavy (non-hydrogen) atoms. The highest BCUT2D eigenvalue weighted by Crippen LogP contribution is 2.25. The molecule has 0 aliphatic carbocycles. The number of halogens is 1. The molecule has 1 N–H and O–H groups in total. The molecule has 1 atom stereocenters. The number of hydrogen-bond donors (Lipinski definition) is 1. The molecule has 3 heterocycles. The van der Waals surface area contributed by atoms with Gasteiger partial charge in [-0.15, -0.1) is 0 Å². The first-order valence-electron chi connectivity index (χ1n) is 13.0. The summed E-state index contributed by atoms with van der Waals surface area (Å²) in [6.07, 6.45) is 5.55. The Morgan fingerprint density at radius 2 is 1.72 bits per heavy atom. The van der Waals surface area contributed by atoms with E-state index in [0.717, 1.165) is 54.6 Å². The number of nitrogens with one attached hydrogen (secondary N) is 1. The van der Waals surface area contributed by atoms with E-state index in [1.807, 2.05) is 24.3 Å². The van der Waals surface area contributed by atoms with E-state index in [1.165, 1.54) is 24.9 Å². The van der Waals surface area contributed by atoms with Crippen LogP contribution in [0.3, 0.4) is 0 Å². The van der Waals surface area contributed by atoms with E-state index in [9.17, 15) is 4.79 Å². The summed E-state index contributed by atoms with van der Waals surface area (Å²) < 4.78 is 6.49. The van der Waals surface area contributed by atoms with E-state index in [1.54, 1.807) is 0 Å². The molecule has 0 bridgehead atoms. The lowest BCUT2D eigenvalue weighted by Crippen LogP contribution is -2.41. The van der Waals surface area contributed by atoms with Crippen LogP contribution in [0.25, 0.3) is 11.4 Å². The summed E-state index contributed by atoms with van der Waals surface area (Å²) in [5.74, 6) is 1.40. The number of carbonyl (C=O) groups excluding carboxylic acids is 1. The van der Waals surface area contributed by atoms with Gasteiger partial charge in [0.05, 0.1) is 12.6 Å². The van der Waals surface area contributed by atoms with E-state index in [4.69, 9.17) is 4.52 Å². The molecule has 7 nitrogen and oxygen atoms in total. The zero-order chi connectivity index (χ0) is 24.9. The lowest BCUT2D eigenvalue weighted by molar-refractivity contribution is -0.127. The molecule has 1 unspecified atom stereocenters. The zero-order valence-electron chi connectivity index (χ0n) is 20.8. The number of anilines is 1. The Morgan fingerprint density at radius 3 is 2.42 bits per heavy atom. The molecule has 0 saturated carbocycles. The van der Waals surface area contributed by atoms with Crippen molar-refractivity contribution in [3.63, 3.8) is 0 Å². The molecular weight excluding hydrogens is 518 g/mol. The average Bonchev–Trinajstić information content (AvgIpc) is 3.38. The highest BCUT2D eigenvalue weighted by Gasteiger charge is 2.27. The topological polar surface area (TPSA) is 74.5 Å². The molecule has 2 saturated heterocycles. The molecule has 8 heteroatoms. The molecule has 2 fully saturated rings. The van der Waals surface area contributed by atoms with Crippen molar-refractivity contribution < 1.29 is 9.32 Å². The van der Waals surface area contributed by atoms with Gasteiger partial charge in [0.1, 0.15) is 0 Å². The summed E-state index contributed by atoms with van der Waals surface area (Å²) in [4.78, 5) is 22.3. The van der Waals surface area contributed by atoms with Crippen molar-refractivity contribution in [1.82, 2.24) is 20.4 Å². The van der Waals surface area contributed by atoms with Crippen LogP contribution in [0.15, 0.2) is 57.5 Å². The summed E-state index contributed by atoms with van der Waals surface area (Å²) in [7, 11) is 0. The van der Waals surface area contributed by atoms with Gasteiger partial charge in [-0.05, 0) is 94.1 Å². The largest absolute Gasteiger partial charge is 0.372 e. The van der Waals surface area contributed by atoms with Crippen LogP contribution in [0.2, 0.25) is 0 Å². The Balaban J connectivity index is 1.08. The van der Waals surface area contributed by atoms with Gasteiger partial charge in [0.15, 0.2) is 0 Å². The minimum absolute atomic E-state index is 0.00126. The molecule has 3 aromatic rings. The van der Waals surface area contributed by atoms with Gasteiger partial charge in [-0.25, -0.2) is 0 Å². The van der Waals surface area contributed by atoms with Gasteiger partial charge in [0.2, 0.25) is 17.6 Å². The quantitative estimate of drug-likeness (QED) is 0.413. The predicted octanol–water partition coefficient (Wildman–Crippen LogP) is 5.58. The van der Waals surface area contributed by atoms with Crippen molar-refractivity contribution >= 4 is 27.5 Å². The van der Waals surface area contributed by atoms with Crippen molar-refractivity contribution in [2.45, 2.75) is 51.6 Å². The van der Waals surface area contributed by atoms with Crippen LogP contribution in [0.1, 0.15) is 56.5 Å². The molecule has 2 aliphatic heterocycles. The standard InChI is InChI=1S/C28H34BrN5O2/c1-20(21-7-11-25(12-8-21)34-15-3-2-4-16-34)30-28(35)23-13-17-33(18-14-23)19-26-31-27(32-36-26)22-5-9-24(29)10-6-22/h5-12,20,23H,2-4,13-19H2,1H3,(H,30,35). The number of benzene rings is 2. The Bertz CT molecular complexity index is 1130. The summed E-state index contributed by atoms with van der Waals surface area (Å²) >= 11 is 3.44. The molecule has 5 rings (SSSR count). The van der Waals surface area contributed by atoms with Gasteiger partial charge in [-0.1, -0.05) is 33.2 Å². The number of carbonyl (C=O) groups is 1. The smallest absolute Gasteiger partial charge is 0.241 e. The molecule has 0 spiro atoms. The average molecular weight is 553 g/mol. The third-order valence-electron chi connectivity index (χ3n) is 7.36. The van der Waals surface area contributed by atoms with Crippen LogP contribution in [0, 0.1) is 5.92 Å². The third kappa shape index (κ3) is 6.16. The van der Waals surface area contributed by atoms with E-state index >= 15 is 0 Å². The first-order chi connectivity index (χ1) is 17.5. The number of nitrogens with zero attached hydrogens (tertiary/aromatic N) is 4. The molecular formula is C28H34BrN5O2. The first-order valence-corrected chi connectivity index (χ1v) is 13.8. The number of hydrogen-bond acceptors (Lipinski definition) is 6. The highest BCUT2D eigenvalue weighted by atomic mass is 79.9. The van der Waals surface area contributed by atoms with Crippen molar-refractivity contribution in [1.29, 1.82) is 0 Å². The minimum Gasteiger partial charge on any atom is -0.372 e. The first kappa shape index (κ1) is 25.0. The fraction of sp³-hybridized carbons (Fsp3) is 0.464. The predicted molar refractivity (Wildman–Crippen MR) is 144 cm³/mol. The molecule has 1 aromatic heterocycles. The lowest BCUT2D eigenvalue weighted by atomic mass is 9.95. The Hall–Kier alpha value is -2.71. The fourth-order valence-electron chi connectivity index (χ4n) is 5.12. The van der Waals surface area contributed by atoms with Gasteiger partial charge in [0.25, 0.3) is 0 Å². The van der Waals surface area contributed by atoms with Crippen LogP contribution >= 0.6 is 15.9 Å². The molecule has 1 amide bonds. The summed E-state index contributed by atoms with van der Waals surface area (Å²) in [5, 5.41) is 7.36. The Labute approximate surface area is 221 Å². The van der Waals surface area contributed by atoms with Crippen molar-refractivity contribution in [3.05, 3.63) is 64.5 Å². The number of piperidine rings is 2.